The molecular formula is C25H22ClNO4S. The zero-order valence-electron chi connectivity index (χ0n) is 17.8. The number of carbonyl (C=O) groups is 1. The van der Waals surface area contributed by atoms with Crippen molar-refractivity contribution in [1.29, 1.82) is 0 Å². The van der Waals surface area contributed by atoms with E-state index < -0.39 is 5.97 Å². The number of rotatable bonds is 8. The first kappa shape index (κ1) is 22.1. The molecule has 0 radical (unpaired) electrons. The van der Waals surface area contributed by atoms with Crippen molar-refractivity contribution in [1.82, 2.24) is 4.98 Å². The number of hydrogen-bond acceptors (Lipinski definition) is 6. The Morgan fingerprint density at radius 1 is 1.06 bits per heavy atom. The van der Waals surface area contributed by atoms with Crippen molar-refractivity contribution in [2.75, 3.05) is 6.61 Å². The van der Waals surface area contributed by atoms with Gasteiger partial charge in [0.05, 0.1) is 16.9 Å². The van der Waals surface area contributed by atoms with E-state index in [9.17, 15) is 4.79 Å². The molecule has 2 heterocycles. The van der Waals surface area contributed by atoms with Crippen molar-refractivity contribution < 1.29 is 19.0 Å². The average Bonchev–Trinajstić information content (AvgIpc) is 3.22. The van der Waals surface area contributed by atoms with Gasteiger partial charge in [0.1, 0.15) is 29.9 Å². The van der Waals surface area contributed by atoms with Crippen molar-refractivity contribution >= 4 is 39.0 Å². The Balaban J connectivity index is 1.47. The van der Waals surface area contributed by atoms with Gasteiger partial charge in [-0.3, -0.25) is 0 Å². The zero-order valence-corrected chi connectivity index (χ0v) is 19.3. The molecule has 0 saturated carbocycles. The van der Waals surface area contributed by atoms with Crippen LogP contribution in [-0.2, 0) is 18.0 Å². The number of hydrogen-bond donors (Lipinski definition) is 0. The van der Waals surface area contributed by atoms with E-state index in [1.54, 1.807) is 6.92 Å². The van der Waals surface area contributed by atoms with Gasteiger partial charge in [-0.25, -0.2) is 9.78 Å². The first-order valence-electron chi connectivity index (χ1n) is 10.2. The number of nitrogens with zero attached hydrogens (tertiary/aromatic N) is 1. The van der Waals surface area contributed by atoms with E-state index in [4.69, 9.17) is 25.8 Å². The molecule has 0 aliphatic rings. The molecule has 0 aliphatic carbocycles. The van der Waals surface area contributed by atoms with Gasteiger partial charge in [0.2, 0.25) is 0 Å². The smallest absolute Gasteiger partial charge is 0.341 e. The van der Waals surface area contributed by atoms with E-state index in [2.05, 4.69) is 24.0 Å². The van der Waals surface area contributed by atoms with Crippen molar-refractivity contribution in [2.45, 2.75) is 27.1 Å². The lowest BCUT2D eigenvalue weighted by Gasteiger charge is -2.10. The number of halogens is 1. The van der Waals surface area contributed by atoms with Crippen LogP contribution in [-0.4, -0.2) is 17.6 Å². The Labute approximate surface area is 195 Å². The second-order valence-corrected chi connectivity index (χ2v) is 8.43. The monoisotopic (exact) mass is 467 g/mol. The lowest BCUT2D eigenvalue weighted by molar-refractivity contribution is 0.0528. The highest BCUT2D eigenvalue weighted by molar-refractivity contribution is 7.17. The molecule has 2 aromatic carbocycles. The van der Waals surface area contributed by atoms with Gasteiger partial charge < -0.3 is 14.2 Å². The summed E-state index contributed by atoms with van der Waals surface area (Å²) < 4.78 is 17.8. The number of pyridine rings is 1. The second kappa shape index (κ2) is 10.0. The molecule has 32 heavy (non-hydrogen) atoms. The van der Waals surface area contributed by atoms with Crippen LogP contribution in [0.5, 0.6) is 11.5 Å². The van der Waals surface area contributed by atoms with Crippen LogP contribution < -0.4 is 9.47 Å². The van der Waals surface area contributed by atoms with Crippen molar-refractivity contribution in [3.8, 4) is 11.5 Å². The number of aromatic nitrogens is 1. The summed E-state index contributed by atoms with van der Waals surface area (Å²) in [4.78, 5) is 16.4. The van der Waals surface area contributed by atoms with Crippen LogP contribution in [0.15, 0.2) is 60.1 Å². The van der Waals surface area contributed by atoms with Gasteiger partial charge in [-0.15, -0.1) is 11.3 Å². The normalized spacial score (nSPS) is 10.8. The fourth-order valence-electron chi connectivity index (χ4n) is 3.31. The number of esters is 1. The maximum Gasteiger partial charge on any atom is 0.341 e. The summed E-state index contributed by atoms with van der Waals surface area (Å²) in [6.07, 6.45) is 1.46. The number of carbonyl (C=O) groups excluding carboxylic acids is 1. The Kier molecular flexibility index (Phi) is 6.93. The van der Waals surface area contributed by atoms with Gasteiger partial charge in [-0.05, 0) is 36.9 Å². The minimum atomic E-state index is -0.408. The van der Waals surface area contributed by atoms with Gasteiger partial charge >= 0.3 is 5.97 Å². The van der Waals surface area contributed by atoms with Gasteiger partial charge in [-0.1, -0.05) is 47.5 Å². The van der Waals surface area contributed by atoms with Crippen LogP contribution >= 0.6 is 22.9 Å². The maximum atomic E-state index is 12.2. The Morgan fingerprint density at radius 3 is 2.56 bits per heavy atom. The SMILES string of the molecule is CCOC(=O)c1cnc(Cl)c2c(COc3cccc(OCc4cccc(C)c4)c3)csc12. The third-order valence-electron chi connectivity index (χ3n) is 4.81. The topological polar surface area (TPSA) is 57.7 Å². The summed E-state index contributed by atoms with van der Waals surface area (Å²) >= 11 is 7.77. The van der Waals surface area contributed by atoms with Gasteiger partial charge in [0.25, 0.3) is 0 Å². The summed E-state index contributed by atoms with van der Waals surface area (Å²) in [6, 6.07) is 15.7. The Morgan fingerprint density at radius 2 is 1.81 bits per heavy atom. The van der Waals surface area contributed by atoms with Gasteiger partial charge in [0, 0.05) is 23.2 Å². The quantitative estimate of drug-likeness (QED) is 0.216. The zero-order chi connectivity index (χ0) is 22.5. The molecule has 0 spiro atoms. The minimum Gasteiger partial charge on any atom is -0.489 e. The molecule has 4 rings (SSSR count). The van der Waals surface area contributed by atoms with Crippen LogP contribution in [0, 0.1) is 6.92 Å². The molecule has 0 amide bonds. The van der Waals surface area contributed by atoms with E-state index in [0.717, 1.165) is 21.6 Å². The standard InChI is InChI=1S/C25H22ClNO4S/c1-3-29-25(28)21-12-27-24(26)22-18(15-32-23(21)22)14-31-20-9-5-8-19(11-20)30-13-17-7-4-6-16(2)10-17/h4-12,15H,3,13-14H2,1-2H3. The molecule has 0 unspecified atom stereocenters. The lowest BCUT2D eigenvalue weighted by atomic mass is 10.1. The van der Waals surface area contributed by atoms with Gasteiger partial charge in [0.15, 0.2) is 0 Å². The van der Waals surface area contributed by atoms with Crippen LogP contribution in [0.25, 0.3) is 10.1 Å². The summed E-state index contributed by atoms with van der Waals surface area (Å²) in [6.45, 7) is 4.90. The number of benzene rings is 2. The van der Waals surface area contributed by atoms with Crippen molar-refractivity contribution in [3.63, 3.8) is 0 Å². The summed E-state index contributed by atoms with van der Waals surface area (Å²) in [5.41, 5.74) is 3.58. The Hall–Kier alpha value is -3.09. The lowest BCUT2D eigenvalue weighted by Crippen LogP contribution is -2.05. The molecular weight excluding hydrogens is 446 g/mol. The van der Waals surface area contributed by atoms with Crippen LogP contribution in [0.1, 0.15) is 34.0 Å². The van der Waals surface area contributed by atoms with Crippen LogP contribution in [0.3, 0.4) is 0 Å². The number of fused-ring (bicyclic) bond motifs is 1. The van der Waals surface area contributed by atoms with E-state index in [0.29, 0.717) is 35.1 Å². The number of aryl methyl sites for hydroxylation is 1. The molecule has 0 bridgehead atoms. The third kappa shape index (κ3) is 5.03. The van der Waals surface area contributed by atoms with Crippen LogP contribution in [0.2, 0.25) is 5.15 Å². The number of ether oxygens (including phenoxy) is 3. The molecule has 5 nitrogen and oxygen atoms in total. The molecule has 164 valence electrons. The predicted molar refractivity (Wildman–Crippen MR) is 127 cm³/mol. The largest absolute Gasteiger partial charge is 0.489 e. The third-order valence-corrected chi connectivity index (χ3v) is 6.16. The highest BCUT2D eigenvalue weighted by Crippen LogP contribution is 2.34. The number of thiophene rings is 1. The van der Waals surface area contributed by atoms with Crippen molar-refractivity contribution in [2.24, 2.45) is 0 Å². The predicted octanol–water partition coefficient (Wildman–Crippen LogP) is 6.59. The van der Waals surface area contributed by atoms with E-state index >= 15 is 0 Å². The highest BCUT2D eigenvalue weighted by Gasteiger charge is 2.18. The first-order valence-corrected chi connectivity index (χ1v) is 11.4. The first-order chi connectivity index (χ1) is 15.5. The van der Waals surface area contributed by atoms with Crippen LogP contribution in [0.4, 0.5) is 0 Å². The molecule has 0 aliphatic heterocycles. The maximum absolute atomic E-state index is 12.2. The van der Waals surface area contributed by atoms with E-state index in [-0.39, 0.29) is 6.61 Å². The minimum absolute atomic E-state index is 0.287. The molecule has 4 aromatic rings. The summed E-state index contributed by atoms with van der Waals surface area (Å²) in [5, 5.41) is 2.98. The molecule has 7 heteroatoms. The second-order valence-electron chi connectivity index (χ2n) is 7.19. The fraction of sp³-hybridized carbons (Fsp3) is 0.200. The van der Waals surface area contributed by atoms with Crippen molar-refractivity contribution in [3.05, 3.63) is 87.5 Å². The highest BCUT2D eigenvalue weighted by atomic mass is 35.5. The van der Waals surface area contributed by atoms with E-state index in [1.165, 1.54) is 23.1 Å². The summed E-state index contributed by atoms with van der Waals surface area (Å²) in [5.74, 6) is 0.995. The Bertz CT molecular complexity index is 1250. The molecule has 0 atom stereocenters. The van der Waals surface area contributed by atoms with Gasteiger partial charge in [-0.2, -0.15) is 0 Å². The molecule has 0 saturated heterocycles. The molecule has 0 N–H and O–H groups in total. The molecule has 2 aromatic heterocycles. The molecule has 0 fully saturated rings. The summed E-state index contributed by atoms with van der Waals surface area (Å²) in [7, 11) is 0. The fourth-order valence-corrected chi connectivity index (χ4v) is 4.68. The van der Waals surface area contributed by atoms with E-state index in [1.807, 2.05) is 41.8 Å². The average molecular weight is 468 g/mol.